The van der Waals surface area contributed by atoms with E-state index in [4.69, 9.17) is 15.0 Å². The maximum atomic E-state index is 5.25. The monoisotopic (exact) mass is 1150 g/mol. The lowest BCUT2D eigenvalue weighted by molar-refractivity contribution is 0.658. The van der Waals surface area contributed by atoms with E-state index in [0.29, 0.717) is 17.7 Å². The molecule has 426 valence electrons. The fraction of sp³-hybridized carbons (Fsp3) is 0.677. The van der Waals surface area contributed by atoms with Gasteiger partial charge in [-0.25, -0.2) is 0 Å². The van der Waals surface area contributed by atoms with Gasteiger partial charge in [0.1, 0.15) is 0 Å². The Morgan fingerprint density at radius 2 is 0.592 bits per heavy atom. The van der Waals surface area contributed by atoms with Crippen molar-refractivity contribution in [2.45, 2.75) is 277 Å². The predicted octanol–water partition coefficient (Wildman–Crippen LogP) is 24.0. The zero-order valence-electron chi connectivity index (χ0n) is 49.1. The first-order valence-electron chi connectivity index (χ1n) is 31.0. The van der Waals surface area contributed by atoms with Crippen LogP contribution in [0.4, 0.5) is 23.3 Å². The van der Waals surface area contributed by atoms with E-state index in [2.05, 4.69) is 178 Å². The first-order valence-corrected chi connectivity index (χ1v) is 36.9. The number of nitrogens with one attached hydrogen (secondary N) is 2. The van der Waals surface area contributed by atoms with Crippen LogP contribution in [0.2, 0.25) is 0 Å². The number of rotatable bonds is 48. The number of nitrogens with zero attached hydrogens (tertiary/aromatic N) is 3. The second kappa shape index (κ2) is 44.1. The number of benzene rings is 3. The van der Waals surface area contributed by atoms with Crippen molar-refractivity contribution in [3.05, 3.63) is 54.1 Å². The molecule has 0 spiro atoms. The van der Waals surface area contributed by atoms with Crippen molar-refractivity contribution < 1.29 is 0 Å². The Morgan fingerprint density at radius 3 is 0.868 bits per heavy atom. The molecule has 0 radical (unpaired) electrons. The molecule has 0 aliphatic heterocycles. The van der Waals surface area contributed by atoms with Crippen LogP contribution in [0, 0.1) is 0 Å². The van der Waals surface area contributed by atoms with Crippen molar-refractivity contribution in [1.82, 2.24) is 15.0 Å². The van der Waals surface area contributed by atoms with E-state index >= 15 is 0 Å². The Kier molecular flexibility index (Phi) is 38.8. The molecule has 4 aromatic rings. The standard InChI is InChI=1S/C65H105N5S6/c1-8-15-21-27-33-43-71-57-49-55(50-58(72-44-34-28-22-16-9-2)61(57)75-47-37-31-25-19-12-5)66-64-68-63(54-41-39-53(14-7)40-42-54)69-65(70-64)67-56-51-59(73-45-35-29-23-17-10-3)62(76-48-38-32-26-20-13-6)60(52-56)74-46-36-30-24-18-11-4/h39-42,49-52H,8-38,43-48H2,1-7H3,(H2,66,67,68,69,70). The van der Waals surface area contributed by atoms with Gasteiger partial charge in [0, 0.05) is 46.3 Å². The zero-order valence-corrected chi connectivity index (χ0v) is 54.0. The van der Waals surface area contributed by atoms with Crippen molar-refractivity contribution in [2.24, 2.45) is 0 Å². The van der Waals surface area contributed by atoms with Crippen LogP contribution in [0.1, 0.15) is 247 Å². The van der Waals surface area contributed by atoms with Crippen molar-refractivity contribution in [2.75, 3.05) is 45.2 Å². The molecule has 0 aliphatic carbocycles. The highest BCUT2D eigenvalue weighted by Gasteiger charge is 2.19. The number of thioether (sulfide) groups is 6. The SMILES string of the molecule is CCCCCCCSc1cc(Nc2nc(Nc3cc(SCCCCCCC)c(SCCCCCCC)c(SCCCCCCC)c3)nc(-c3ccc(CC)cc3)n2)cc(SCCCCCCC)c1SCCCCCCC. The zero-order chi connectivity index (χ0) is 54.1. The van der Waals surface area contributed by atoms with E-state index < -0.39 is 0 Å². The smallest absolute Gasteiger partial charge is 0.232 e. The van der Waals surface area contributed by atoms with Gasteiger partial charge in [0.05, 0.1) is 0 Å². The van der Waals surface area contributed by atoms with Gasteiger partial charge < -0.3 is 10.6 Å². The van der Waals surface area contributed by atoms with Gasteiger partial charge in [0.2, 0.25) is 11.9 Å². The van der Waals surface area contributed by atoms with Gasteiger partial charge in [-0.15, -0.1) is 70.6 Å². The molecule has 0 unspecified atom stereocenters. The van der Waals surface area contributed by atoms with Crippen molar-refractivity contribution in [3.63, 3.8) is 0 Å². The van der Waals surface area contributed by atoms with E-state index in [0.717, 1.165) is 46.4 Å². The molecule has 4 rings (SSSR count). The maximum Gasteiger partial charge on any atom is 0.232 e. The minimum Gasteiger partial charge on any atom is -0.324 e. The van der Waals surface area contributed by atoms with E-state index in [1.165, 1.54) is 239 Å². The fourth-order valence-electron chi connectivity index (χ4n) is 9.09. The molecule has 0 atom stereocenters. The number of hydrogen-bond acceptors (Lipinski definition) is 11. The second-order valence-electron chi connectivity index (χ2n) is 20.8. The Hall–Kier alpha value is -1.63. The Labute approximate surface area is 492 Å². The summed E-state index contributed by atoms with van der Waals surface area (Å²) in [6.45, 7) is 16.1. The lowest BCUT2D eigenvalue weighted by atomic mass is 10.1. The second-order valence-corrected chi connectivity index (χ2v) is 27.5. The van der Waals surface area contributed by atoms with Gasteiger partial charge >= 0.3 is 0 Å². The van der Waals surface area contributed by atoms with Crippen LogP contribution in [0.5, 0.6) is 0 Å². The third-order valence-electron chi connectivity index (χ3n) is 13.8. The molecule has 2 N–H and O–H groups in total. The molecule has 0 amide bonds. The van der Waals surface area contributed by atoms with E-state index in [-0.39, 0.29) is 0 Å². The highest BCUT2D eigenvalue weighted by molar-refractivity contribution is 8.04. The summed E-state index contributed by atoms with van der Waals surface area (Å²) in [5.41, 5.74) is 4.43. The van der Waals surface area contributed by atoms with Gasteiger partial charge in [-0.1, -0.05) is 227 Å². The third-order valence-corrected chi connectivity index (χ3v) is 21.3. The summed E-state index contributed by atoms with van der Waals surface area (Å²) in [7, 11) is 0. The van der Waals surface area contributed by atoms with Crippen LogP contribution in [-0.4, -0.2) is 49.5 Å². The Bertz CT molecular complexity index is 1890. The molecule has 3 aromatic carbocycles. The van der Waals surface area contributed by atoms with E-state index in [1.807, 2.05) is 0 Å². The van der Waals surface area contributed by atoms with Crippen molar-refractivity contribution in [3.8, 4) is 11.4 Å². The van der Waals surface area contributed by atoms with Crippen LogP contribution in [-0.2, 0) is 6.42 Å². The Morgan fingerprint density at radius 1 is 0.316 bits per heavy atom. The quantitative estimate of drug-likeness (QED) is 0.0328. The number of unbranched alkanes of at least 4 members (excludes halogenated alkanes) is 24. The van der Waals surface area contributed by atoms with Crippen LogP contribution in [0.15, 0.2) is 77.9 Å². The fourth-order valence-corrected chi connectivity index (χ4v) is 16.6. The molecule has 0 fully saturated rings. The molecule has 1 aromatic heterocycles. The van der Waals surface area contributed by atoms with Crippen LogP contribution in [0.25, 0.3) is 11.4 Å². The first kappa shape index (κ1) is 66.9. The van der Waals surface area contributed by atoms with Crippen LogP contribution < -0.4 is 10.6 Å². The summed E-state index contributed by atoms with van der Waals surface area (Å²) in [5.74, 6) is 8.75. The minimum absolute atomic E-state index is 0.577. The molecule has 1 heterocycles. The summed E-state index contributed by atoms with van der Waals surface area (Å²) >= 11 is 12.4. The third kappa shape index (κ3) is 28.2. The lowest BCUT2D eigenvalue weighted by Gasteiger charge is -2.19. The van der Waals surface area contributed by atoms with Crippen LogP contribution >= 0.6 is 70.6 Å². The first-order chi connectivity index (χ1) is 37.5. The minimum atomic E-state index is 0.577. The highest BCUT2D eigenvalue weighted by Crippen LogP contribution is 2.45. The van der Waals surface area contributed by atoms with Crippen molar-refractivity contribution >= 4 is 93.8 Å². The van der Waals surface area contributed by atoms with Crippen molar-refractivity contribution in [1.29, 1.82) is 0 Å². The summed E-state index contributed by atoms with van der Waals surface area (Å²) < 4.78 is 0. The highest BCUT2D eigenvalue weighted by atomic mass is 32.2. The summed E-state index contributed by atoms with van der Waals surface area (Å²) in [6.07, 6.45) is 40.1. The lowest BCUT2D eigenvalue weighted by Crippen LogP contribution is -2.06. The number of anilines is 4. The molecule has 0 bridgehead atoms. The van der Waals surface area contributed by atoms with Gasteiger partial charge in [0.15, 0.2) is 5.82 Å². The molecule has 5 nitrogen and oxygen atoms in total. The number of aryl methyl sites for hydroxylation is 1. The summed E-state index contributed by atoms with van der Waals surface area (Å²) in [4.78, 5) is 24.3. The molecular formula is C65H105N5S6. The summed E-state index contributed by atoms with van der Waals surface area (Å²) in [6, 6.07) is 18.4. The average Bonchev–Trinajstić information content (AvgIpc) is 3.43. The van der Waals surface area contributed by atoms with Gasteiger partial charge in [-0.05, 0) is 109 Å². The predicted molar refractivity (Wildman–Crippen MR) is 351 cm³/mol. The normalized spacial score (nSPS) is 11.5. The average molecular weight is 1150 g/mol. The molecule has 0 saturated heterocycles. The topological polar surface area (TPSA) is 62.7 Å². The molecule has 11 heteroatoms. The number of hydrogen-bond donors (Lipinski definition) is 2. The molecular weight excluding hydrogens is 1040 g/mol. The van der Waals surface area contributed by atoms with Gasteiger partial charge in [-0.2, -0.15) is 15.0 Å². The molecule has 0 saturated carbocycles. The van der Waals surface area contributed by atoms with Gasteiger partial charge in [0.25, 0.3) is 0 Å². The van der Waals surface area contributed by atoms with Gasteiger partial charge in [-0.3, -0.25) is 0 Å². The summed E-state index contributed by atoms with van der Waals surface area (Å²) in [5, 5.41) is 7.64. The Balaban J connectivity index is 1.79. The van der Waals surface area contributed by atoms with E-state index in [9.17, 15) is 0 Å². The van der Waals surface area contributed by atoms with Crippen LogP contribution in [0.3, 0.4) is 0 Å². The maximum absolute atomic E-state index is 5.25. The number of aromatic nitrogens is 3. The largest absolute Gasteiger partial charge is 0.324 e. The van der Waals surface area contributed by atoms with E-state index in [1.54, 1.807) is 0 Å². The molecule has 0 aliphatic rings. The molecule has 76 heavy (non-hydrogen) atoms.